The zero-order valence-electron chi connectivity index (χ0n) is 34.5. The molecule has 5 heteroatoms. The quantitative estimate of drug-likeness (QED) is 0.149. The van der Waals surface area contributed by atoms with Gasteiger partial charge in [0.25, 0.3) is 0 Å². The van der Waals surface area contributed by atoms with Crippen LogP contribution in [-0.2, 0) is 0 Å². The molecule has 12 aromatic rings. The highest BCUT2D eigenvalue weighted by Crippen LogP contribution is 2.40. The van der Waals surface area contributed by atoms with Crippen LogP contribution >= 0.6 is 20.7 Å². The van der Waals surface area contributed by atoms with Crippen LogP contribution in [0.15, 0.2) is 234 Å². The van der Waals surface area contributed by atoms with E-state index in [9.17, 15) is 0 Å². The number of fused-ring (bicyclic) bond motifs is 8. The fraction of sp³-hybridized carbons (Fsp3) is 0. The first kappa shape index (κ1) is 36.9. The SMILES string of the molecule is c1ccc(-c2cccc(C3=NC(c4cc(-n5c6ccccc6c6cc7ccccc7cc65)cc5ccccc45)=NC(c4cccc5c4c4ccccc4n5-c4ccccc4)=I3)c2)cc1. The minimum absolute atomic E-state index is 0.731. The van der Waals surface area contributed by atoms with Gasteiger partial charge in [-0.25, -0.2) is 9.98 Å². The first-order valence-corrected chi connectivity index (χ1v) is 23.8. The van der Waals surface area contributed by atoms with Crippen LogP contribution in [-0.4, -0.2) is 22.3 Å². The number of hydrogen-bond donors (Lipinski definition) is 0. The maximum Gasteiger partial charge on any atom is 0.162 e. The van der Waals surface area contributed by atoms with Crippen molar-refractivity contribution in [3.05, 3.63) is 241 Å². The molecule has 0 fully saturated rings. The van der Waals surface area contributed by atoms with Crippen molar-refractivity contribution in [2.24, 2.45) is 9.98 Å². The second-order valence-electron chi connectivity index (χ2n) is 16.3. The van der Waals surface area contributed by atoms with E-state index >= 15 is 0 Å². The fourth-order valence-corrected chi connectivity index (χ4v) is 12.3. The number of para-hydroxylation sites is 3. The lowest BCUT2D eigenvalue weighted by atomic mass is 10.0. The molecule has 300 valence electrons. The van der Waals surface area contributed by atoms with Gasteiger partial charge in [-0.05, 0) is 114 Å². The zero-order chi connectivity index (χ0) is 42.1. The lowest BCUT2D eigenvalue weighted by Crippen LogP contribution is -2.13. The Morgan fingerprint density at radius 2 is 0.922 bits per heavy atom. The number of halogens is 1. The Morgan fingerprint density at radius 1 is 0.328 bits per heavy atom. The molecule has 13 rings (SSSR count). The molecule has 2 aromatic heterocycles. The maximum atomic E-state index is 5.73. The lowest BCUT2D eigenvalue weighted by molar-refractivity contribution is 1.18. The standard InChI is InChI=1S/C59H37IN4/c1-3-17-38(18-4-1)39-22-15-23-43(33-39)57-60-58(49-29-16-32-54-56(49)48-28-12-14-31-53(48)63(54)44-24-5-2-6-25-44)62-59(61-57)51-37-45(34-42-21-9-10-26-46(42)51)64-52-30-13-11-27-47(52)50-35-40-19-7-8-20-41(40)36-55(50)64/h1-37H. The number of rotatable bonds is 6. The van der Waals surface area contributed by atoms with Gasteiger partial charge in [0, 0.05) is 49.6 Å². The van der Waals surface area contributed by atoms with Crippen LogP contribution in [0.4, 0.5) is 0 Å². The van der Waals surface area contributed by atoms with Gasteiger partial charge in [-0.2, -0.15) is 0 Å². The highest BCUT2D eigenvalue weighted by Gasteiger charge is 2.23. The first-order valence-electron chi connectivity index (χ1n) is 21.6. The number of hydrogen-bond acceptors (Lipinski definition) is 2. The van der Waals surface area contributed by atoms with Crippen molar-refractivity contribution in [3.63, 3.8) is 0 Å². The predicted molar refractivity (Wildman–Crippen MR) is 280 cm³/mol. The average molecular weight is 929 g/mol. The van der Waals surface area contributed by atoms with Crippen molar-refractivity contribution in [1.29, 1.82) is 0 Å². The maximum absolute atomic E-state index is 5.73. The molecule has 0 atom stereocenters. The molecule has 4 nitrogen and oxygen atoms in total. The second kappa shape index (κ2) is 15.0. The number of benzene rings is 10. The van der Waals surface area contributed by atoms with E-state index in [1.165, 1.54) is 65.5 Å². The van der Waals surface area contributed by atoms with Gasteiger partial charge < -0.3 is 9.13 Å². The molecule has 64 heavy (non-hydrogen) atoms. The van der Waals surface area contributed by atoms with E-state index in [2.05, 4.69) is 234 Å². The molecular formula is C59H37IN4. The van der Waals surface area contributed by atoms with Crippen LogP contribution in [0, 0.1) is 0 Å². The number of amidine groups is 1. The van der Waals surface area contributed by atoms with Crippen molar-refractivity contribution in [2.75, 3.05) is 0 Å². The van der Waals surface area contributed by atoms with E-state index in [1.807, 2.05) is 0 Å². The summed E-state index contributed by atoms with van der Waals surface area (Å²) in [6.45, 7) is 0. The average Bonchev–Trinajstić information content (AvgIpc) is 3.88. The molecule has 0 N–H and O–H groups in total. The van der Waals surface area contributed by atoms with Crippen molar-refractivity contribution >= 4 is 99.1 Å². The third kappa shape index (κ3) is 5.99. The highest BCUT2D eigenvalue weighted by atomic mass is 127. The largest absolute Gasteiger partial charge is 0.309 e. The summed E-state index contributed by atoms with van der Waals surface area (Å²) in [4.78, 5) is 11.4. The summed E-state index contributed by atoms with van der Waals surface area (Å²) in [5, 5.41) is 9.62. The van der Waals surface area contributed by atoms with Crippen LogP contribution in [0.2, 0.25) is 0 Å². The van der Waals surface area contributed by atoms with Crippen LogP contribution in [0.25, 0.3) is 87.7 Å². The van der Waals surface area contributed by atoms with E-state index < -0.39 is 20.7 Å². The van der Waals surface area contributed by atoms with Gasteiger partial charge in [0.05, 0.1) is 22.1 Å². The Morgan fingerprint density at radius 3 is 1.73 bits per heavy atom. The molecule has 10 aromatic carbocycles. The summed E-state index contributed by atoms with van der Waals surface area (Å²) in [5.74, 6) is 0.731. The zero-order valence-corrected chi connectivity index (χ0v) is 36.7. The molecule has 3 heterocycles. The summed E-state index contributed by atoms with van der Waals surface area (Å²) >= 11 is -0.843. The summed E-state index contributed by atoms with van der Waals surface area (Å²) in [6, 6.07) is 81.3. The Kier molecular flexibility index (Phi) is 8.62. The minimum Gasteiger partial charge on any atom is -0.309 e. The van der Waals surface area contributed by atoms with Gasteiger partial charge in [0.15, 0.2) is 5.84 Å². The van der Waals surface area contributed by atoms with Crippen LogP contribution in [0.1, 0.15) is 16.7 Å². The van der Waals surface area contributed by atoms with Crippen molar-refractivity contribution < 1.29 is 0 Å². The van der Waals surface area contributed by atoms with E-state index in [4.69, 9.17) is 9.98 Å². The number of aromatic nitrogens is 2. The van der Waals surface area contributed by atoms with Gasteiger partial charge >= 0.3 is 0 Å². The van der Waals surface area contributed by atoms with E-state index in [0.29, 0.717) is 0 Å². The summed E-state index contributed by atoms with van der Waals surface area (Å²) < 4.78 is 7.02. The lowest BCUT2D eigenvalue weighted by Gasteiger charge is -2.17. The van der Waals surface area contributed by atoms with Crippen LogP contribution in [0.3, 0.4) is 0 Å². The van der Waals surface area contributed by atoms with Crippen LogP contribution < -0.4 is 0 Å². The van der Waals surface area contributed by atoms with Gasteiger partial charge in [0.2, 0.25) is 0 Å². The summed E-state index contributed by atoms with van der Waals surface area (Å²) in [6.07, 6.45) is 0. The Balaban J connectivity index is 1.08. The molecule has 0 saturated carbocycles. The molecular weight excluding hydrogens is 892 g/mol. The molecule has 0 saturated heterocycles. The number of aliphatic imine (C=N–C) groups is 2. The fourth-order valence-electron chi connectivity index (χ4n) is 9.74. The molecule has 0 spiro atoms. The molecule has 0 bridgehead atoms. The molecule has 0 unspecified atom stereocenters. The molecule has 1 aliphatic heterocycles. The second-order valence-corrected chi connectivity index (χ2v) is 18.9. The highest BCUT2D eigenvalue weighted by molar-refractivity contribution is 14.2. The summed E-state index contributed by atoms with van der Waals surface area (Å²) in [5.41, 5.74) is 12.6. The molecule has 0 amide bonds. The monoisotopic (exact) mass is 928 g/mol. The Labute approximate surface area is 379 Å². The van der Waals surface area contributed by atoms with Gasteiger partial charge in [0.1, 0.15) is 7.35 Å². The normalized spacial score (nSPS) is 13.1. The number of nitrogens with zero attached hydrogens (tertiary/aromatic N) is 4. The van der Waals surface area contributed by atoms with Crippen molar-refractivity contribution in [3.8, 4) is 22.5 Å². The third-order valence-electron chi connectivity index (χ3n) is 12.6. The predicted octanol–water partition coefficient (Wildman–Crippen LogP) is 15.2. The Bertz CT molecular complexity index is 3950. The molecule has 0 radical (unpaired) electrons. The van der Waals surface area contributed by atoms with E-state index in [-0.39, 0.29) is 0 Å². The van der Waals surface area contributed by atoms with E-state index in [0.717, 1.165) is 52.0 Å². The van der Waals surface area contributed by atoms with Crippen molar-refractivity contribution in [2.45, 2.75) is 0 Å². The minimum atomic E-state index is -0.843. The third-order valence-corrected chi connectivity index (χ3v) is 15.3. The van der Waals surface area contributed by atoms with Crippen LogP contribution in [0.5, 0.6) is 0 Å². The smallest absolute Gasteiger partial charge is 0.162 e. The van der Waals surface area contributed by atoms with Gasteiger partial charge in [-0.3, -0.25) is 0 Å². The van der Waals surface area contributed by atoms with Crippen molar-refractivity contribution in [1.82, 2.24) is 9.13 Å². The Hall–Kier alpha value is -7.74. The van der Waals surface area contributed by atoms with E-state index in [1.54, 1.807) is 0 Å². The van der Waals surface area contributed by atoms with Gasteiger partial charge in [-0.1, -0.05) is 164 Å². The van der Waals surface area contributed by atoms with Gasteiger partial charge in [-0.15, -0.1) is 0 Å². The first-order chi connectivity index (χ1) is 31.7. The summed E-state index contributed by atoms with van der Waals surface area (Å²) in [7, 11) is 0. The molecule has 0 aliphatic carbocycles. The topological polar surface area (TPSA) is 34.6 Å². The molecule has 1 aliphatic rings.